The van der Waals surface area contributed by atoms with Gasteiger partial charge in [0.2, 0.25) is 11.3 Å². The molecule has 0 aliphatic rings. The Kier molecular flexibility index (Phi) is 6.73. The number of ketones is 1. The van der Waals surface area contributed by atoms with Crippen molar-refractivity contribution in [2.24, 2.45) is 0 Å². The van der Waals surface area contributed by atoms with Gasteiger partial charge in [-0.3, -0.25) is 14.4 Å². The number of hydrogen-bond donors (Lipinski definition) is 1. The van der Waals surface area contributed by atoms with E-state index < -0.39 is 0 Å². The summed E-state index contributed by atoms with van der Waals surface area (Å²) in [4.78, 5) is 39.5. The Morgan fingerprint density at radius 3 is 2.15 bits per heavy atom. The number of carbonyl (C=O) groups excluding carboxylic acids is 2. The predicted molar refractivity (Wildman–Crippen MR) is 137 cm³/mol. The molecule has 4 rings (SSSR count). The summed E-state index contributed by atoms with van der Waals surface area (Å²) in [6.07, 6.45) is 3.20. The van der Waals surface area contributed by atoms with Gasteiger partial charge in [0, 0.05) is 22.8 Å². The monoisotopic (exact) mass is 452 g/mol. The van der Waals surface area contributed by atoms with Crippen molar-refractivity contribution in [3.63, 3.8) is 0 Å². The maximum atomic E-state index is 13.3. The summed E-state index contributed by atoms with van der Waals surface area (Å²) in [5, 5.41) is 3.35. The second kappa shape index (κ2) is 9.87. The number of nitrogens with one attached hydrogen (secondary N) is 1. The van der Waals surface area contributed by atoms with Gasteiger partial charge >= 0.3 is 0 Å². The molecule has 1 aromatic heterocycles. The molecule has 0 atom stereocenters. The van der Waals surface area contributed by atoms with Crippen molar-refractivity contribution < 1.29 is 9.59 Å². The van der Waals surface area contributed by atoms with E-state index in [-0.39, 0.29) is 29.2 Å². The van der Waals surface area contributed by atoms with E-state index in [2.05, 4.69) is 12.2 Å². The van der Waals surface area contributed by atoms with Crippen LogP contribution in [0.5, 0.6) is 0 Å². The van der Waals surface area contributed by atoms with Crippen LogP contribution in [-0.4, -0.2) is 16.3 Å². The highest BCUT2D eigenvalue weighted by Gasteiger charge is 2.18. The molecule has 0 unspecified atom stereocenters. The Labute approximate surface area is 199 Å². The molecule has 0 aliphatic heterocycles. The zero-order valence-corrected chi connectivity index (χ0v) is 19.7. The fourth-order valence-corrected chi connectivity index (χ4v) is 4.00. The number of benzene rings is 3. The number of fused-ring (bicyclic) bond motifs is 1. The number of amides is 1. The van der Waals surface area contributed by atoms with Crippen molar-refractivity contribution in [2.75, 3.05) is 5.32 Å². The molecule has 1 N–H and O–H groups in total. The van der Waals surface area contributed by atoms with Crippen LogP contribution in [0.2, 0.25) is 0 Å². The van der Waals surface area contributed by atoms with Gasteiger partial charge in [-0.1, -0.05) is 61.9 Å². The van der Waals surface area contributed by atoms with Crippen molar-refractivity contribution in [1.29, 1.82) is 0 Å². The summed E-state index contributed by atoms with van der Waals surface area (Å²) >= 11 is 0. The number of anilines is 1. The second-order valence-corrected chi connectivity index (χ2v) is 8.50. The van der Waals surface area contributed by atoms with Crippen LogP contribution < -0.4 is 10.7 Å². The van der Waals surface area contributed by atoms with E-state index in [9.17, 15) is 14.4 Å². The highest BCUT2D eigenvalue weighted by atomic mass is 16.2. The fourth-order valence-electron chi connectivity index (χ4n) is 4.00. The molecule has 1 amide bonds. The molecule has 0 spiro atoms. The SMILES string of the molecule is CCc1ccc(NC(=O)Cn2cc(C(=O)c3ccc(C)cc3)c(=O)c3cc(CC)ccc32)cc1. The van der Waals surface area contributed by atoms with Crippen LogP contribution in [0.25, 0.3) is 10.9 Å². The zero-order valence-electron chi connectivity index (χ0n) is 19.7. The molecule has 0 bridgehead atoms. The van der Waals surface area contributed by atoms with Crippen molar-refractivity contribution in [3.8, 4) is 0 Å². The number of hydrogen-bond acceptors (Lipinski definition) is 3. The van der Waals surface area contributed by atoms with Gasteiger partial charge in [-0.05, 0) is 55.2 Å². The van der Waals surface area contributed by atoms with E-state index in [1.165, 1.54) is 11.8 Å². The first-order valence-electron chi connectivity index (χ1n) is 11.6. The van der Waals surface area contributed by atoms with Crippen LogP contribution in [0.15, 0.2) is 77.7 Å². The molecule has 5 nitrogen and oxygen atoms in total. The molecule has 0 saturated carbocycles. The Balaban J connectivity index is 1.74. The van der Waals surface area contributed by atoms with Crippen molar-refractivity contribution in [2.45, 2.75) is 40.2 Å². The predicted octanol–water partition coefficient (Wildman–Crippen LogP) is 5.30. The summed E-state index contributed by atoms with van der Waals surface area (Å²) in [5.74, 6) is -0.583. The Morgan fingerprint density at radius 2 is 1.50 bits per heavy atom. The van der Waals surface area contributed by atoms with Crippen LogP contribution in [0.3, 0.4) is 0 Å². The summed E-state index contributed by atoms with van der Waals surface area (Å²) in [5.41, 5.74) is 4.74. The first-order chi connectivity index (χ1) is 16.4. The third kappa shape index (κ3) is 4.84. The van der Waals surface area contributed by atoms with Crippen LogP contribution >= 0.6 is 0 Å². The molecular formula is C29H28N2O3. The lowest BCUT2D eigenvalue weighted by molar-refractivity contribution is -0.116. The lowest BCUT2D eigenvalue weighted by Gasteiger charge is -2.14. The molecule has 5 heteroatoms. The summed E-state index contributed by atoms with van der Waals surface area (Å²) in [7, 11) is 0. The highest BCUT2D eigenvalue weighted by molar-refractivity contribution is 6.10. The van der Waals surface area contributed by atoms with E-state index in [0.717, 1.165) is 24.0 Å². The number of rotatable bonds is 7. The van der Waals surface area contributed by atoms with E-state index >= 15 is 0 Å². The second-order valence-electron chi connectivity index (χ2n) is 8.50. The maximum Gasteiger partial charge on any atom is 0.244 e. The van der Waals surface area contributed by atoms with Crippen LogP contribution in [0, 0.1) is 6.92 Å². The van der Waals surface area contributed by atoms with Gasteiger partial charge in [-0.2, -0.15) is 0 Å². The van der Waals surface area contributed by atoms with Gasteiger partial charge in [0.25, 0.3) is 0 Å². The van der Waals surface area contributed by atoms with Gasteiger partial charge in [0.1, 0.15) is 6.54 Å². The standard InChI is InChI=1S/C29H28N2O3/c1-4-20-8-13-23(14-9-20)30-27(32)18-31-17-25(28(33)22-11-6-19(3)7-12-22)29(34)24-16-21(5-2)10-15-26(24)31/h6-17H,4-5,18H2,1-3H3,(H,30,32). The van der Waals surface area contributed by atoms with Crippen LogP contribution in [-0.2, 0) is 24.2 Å². The third-order valence-electron chi connectivity index (χ3n) is 6.07. The van der Waals surface area contributed by atoms with Crippen LogP contribution in [0.1, 0.15) is 46.5 Å². The van der Waals surface area contributed by atoms with E-state index in [1.807, 2.05) is 68.4 Å². The lowest BCUT2D eigenvalue weighted by Crippen LogP contribution is -2.24. The summed E-state index contributed by atoms with van der Waals surface area (Å²) in [6.45, 7) is 6.01. The molecule has 3 aromatic carbocycles. The fraction of sp³-hybridized carbons (Fsp3) is 0.207. The third-order valence-corrected chi connectivity index (χ3v) is 6.07. The van der Waals surface area contributed by atoms with Crippen molar-refractivity contribution in [1.82, 2.24) is 4.57 Å². The molecule has 4 aromatic rings. The average molecular weight is 453 g/mol. The molecule has 0 radical (unpaired) electrons. The first-order valence-corrected chi connectivity index (χ1v) is 11.6. The minimum Gasteiger partial charge on any atom is -0.337 e. The van der Waals surface area contributed by atoms with Crippen LogP contribution in [0.4, 0.5) is 5.69 Å². The Hall–Kier alpha value is -3.99. The molecule has 0 saturated heterocycles. The molecule has 0 fully saturated rings. The van der Waals surface area contributed by atoms with E-state index in [4.69, 9.17) is 0 Å². The molecule has 34 heavy (non-hydrogen) atoms. The largest absolute Gasteiger partial charge is 0.337 e. The van der Waals surface area contributed by atoms with Crippen molar-refractivity contribution >= 4 is 28.3 Å². The van der Waals surface area contributed by atoms with Gasteiger partial charge < -0.3 is 9.88 Å². The highest BCUT2D eigenvalue weighted by Crippen LogP contribution is 2.18. The number of nitrogens with zero attached hydrogens (tertiary/aromatic N) is 1. The van der Waals surface area contributed by atoms with E-state index in [1.54, 1.807) is 16.7 Å². The van der Waals surface area contributed by atoms with Crippen molar-refractivity contribution in [3.05, 3.63) is 111 Å². The first kappa shape index (κ1) is 23.2. The average Bonchev–Trinajstić information content (AvgIpc) is 2.86. The smallest absolute Gasteiger partial charge is 0.244 e. The Bertz CT molecular complexity index is 1420. The molecular weight excluding hydrogens is 424 g/mol. The quantitative estimate of drug-likeness (QED) is 0.387. The number of aromatic nitrogens is 1. The minimum absolute atomic E-state index is 0.0219. The summed E-state index contributed by atoms with van der Waals surface area (Å²) in [6, 6.07) is 20.5. The van der Waals surface area contributed by atoms with Gasteiger partial charge in [-0.15, -0.1) is 0 Å². The molecule has 1 heterocycles. The zero-order chi connectivity index (χ0) is 24.2. The normalized spacial score (nSPS) is 10.9. The number of aryl methyl sites for hydroxylation is 3. The van der Waals surface area contributed by atoms with Gasteiger partial charge in [0.15, 0.2) is 5.78 Å². The molecule has 172 valence electrons. The van der Waals surface area contributed by atoms with Gasteiger partial charge in [0.05, 0.1) is 11.1 Å². The molecule has 0 aliphatic carbocycles. The number of pyridine rings is 1. The lowest BCUT2D eigenvalue weighted by atomic mass is 10.00. The summed E-state index contributed by atoms with van der Waals surface area (Å²) < 4.78 is 1.69. The Morgan fingerprint density at radius 1 is 0.853 bits per heavy atom. The topological polar surface area (TPSA) is 68.2 Å². The number of carbonyl (C=O) groups is 2. The van der Waals surface area contributed by atoms with Gasteiger partial charge in [-0.25, -0.2) is 0 Å². The maximum absolute atomic E-state index is 13.3. The minimum atomic E-state index is -0.349. The van der Waals surface area contributed by atoms with E-state index in [0.29, 0.717) is 22.2 Å².